The van der Waals surface area contributed by atoms with E-state index in [1.54, 1.807) is 0 Å². The van der Waals surface area contributed by atoms with Crippen LogP contribution in [0.4, 0.5) is 0 Å². The molecule has 0 aliphatic carbocycles. The van der Waals surface area contributed by atoms with Gasteiger partial charge < -0.3 is 10.2 Å². The number of aliphatic hydroxyl groups is 2. The Kier molecular flexibility index (Phi) is 7.86. The lowest BCUT2D eigenvalue weighted by molar-refractivity contribution is 0.0310. The fraction of sp³-hybridized carbons (Fsp3) is 0.667. The fourth-order valence-electron chi connectivity index (χ4n) is 2.95. The second-order valence-corrected chi connectivity index (χ2v) is 6.10. The van der Waals surface area contributed by atoms with E-state index >= 15 is 0 Å². The molecule has 0 saturated heterocycles. The molecular weight excluding hydrogens is 248 g/mol. The molecule has 114 valence electrons. The molecule has 1 aromatic carbocycles. The SMILES string of the molecule is CCCCC(CC)CC(CO)(CO)Cc1ccccc1. The van der Waals surface area contributed by atoms with Crippen molar-refractivity contribution in [1.82, 2.24) is 0 Å². The highest BCUT2D eigenvalue weighted by Crippen LogP contribution is 2.33. The molecule has 0 aliphatic heterocycles. The van der Waals surface area contributed by atoms with Gasteiger partial charge in [-0.05, 0) is 24.3 Å². The number of benzene rings is 1. The first-order valence-corrected chi connectivity index (χ1v) is 7.95. The first-order chi connectivity index (χ1) is 9.69. The van der Waals surface area contributed by atoms with Crippen LogP contribution in [0.2, 0.25) is 0 Å². The van der Waals surface area contributed by atoms with Crippen molar-refractivity contribution in [3.8, 4) is 0 Å². The molecule has 0 aliphatic rings. The van der Waals surface area contributed by atoms with Gasteiger partial charge in [0.1, 0.15) is 0 Å². The standard InChI is InChI=1S/C18H30O2/c1-3-5-9-16(4-2)12-18(14-19,15-20)13-17-10-7-6-8-11-17/h6-8,10-11,16,19-20H,3-5,9,12-15H2,1-2H3. The van der Waals surface area contributed by atoms with E-state index in [9.17, 15) is 10.2 Å². The van der Waals surface area contributed by atoms with E-state index in [2.05, 4.69) is 26.0 Å². The van der Waals surface area contributed by atoms with Crippen molar-refractivity contribution in [2.45, 2.75) is 52.4 Å². The molecular formula is C18H30O2. The van der Waals surface area contributed by atoms with Gasteiger partial charge >= 0.3 is 0 Å². The van der Waals surface area contributed by atoms with Crippen LogP contribution in [-0.2, 0) is 6.42 Å². The van der Waals surface area contributed by atoms with Gasteiger partial charge in [-0.2, -0.15) is 0 Å². The maximum atomic E-state index is 9.85. The average Bonchev–Trinajstić information content (AvgIpc) is 2.51. The van der Waals surface area contributed by atoms with Crippen LogP contribution in [0.25, 0.3) is 0 Å². The van der Waals surface area contributed by atoms with Gasteiger partial charge in [0.2, 0.25) is 0 Å². The summed E-state index contributed by atoms with van der Waals surface area (Å²) in [6.45, 7) is 4.53. The summed E-state index contributed by atoms with van der Waals surface area (Å²) in [4.78, 5) is 0. The predicted molar refractivity (Wildman–Crippen MR) is 84.7 cm³/mol. The van der Waals surface area contributed by atoms with E-state index in [-0.39, 0.29) is 18.6 Å². The maximum Gasteiger partial charge on any atom is 0.0512 e. The Morgan fingerprint density at radius 2 is 1.70 bits per heavy atom. The Morgan fingerprint density at radius 3 is 2.20 bits per heavy atom. The molecule has 1 unspecified atom stereocenters. The molecule has 2 heteroatoms. The molecule has 0 bridgehead atoms. The van der Waals surface area contributed by atoms with Crippen molar-refractivity contribution in [2.24, 2.45) is 11.3 Å². The molecule has 1 aromatic rings. The van der Waals surface area contributed by atoms with E-state index in [0.717, 1.165) is 19.3 Å². The second-order valence-electron chi connectivity index (χ2n) is 6.10. The van der Waals surface area contributed by atoms with Crippen LogP contribution in [0.5, 0.6) is 0 Å². The molecule has 0 spiro atoms. The highest BCUT2D eigenvalue weighted by atomic mass is 16.3. The van der Waals surface area contributed by atoms with Gasteiger partial charge in [0, 0.05) is 5.41 Å². The zero-order valence-electron chi connectivity index (χ0n) is 13.0. The van der Waals surface area contributed by atoms with Crippen LogP contribution in [-0.4, -0.2) is 23.4 Å². The molecule has 2 nitrogen and oxygen atoms in total. The third-order valence-electron chi connectivity index (χ3n) is 4.36. The maximum absolute atomic E-state index is 9.85. The molecule has 0 amide bonds. The van der Waals surface area contributed by atoms with Gasteiger partial charge in [-0.1, -0.05) is 69.9 Å². The molecule has 0 saturated carbocycles. The van der Waals surface area contributed by atoms with E-state index in [0.29, 0.717) is 5.92 Å². The highest BCUT2D eigenvalue weighted by Gasteiger charge is 2.31. The van der Waals surface area contributed by atoms with E-state index in [1.165, 1.54) is 24.8 Å². The largest absolute Gasteiger partial charge is 0.396 e. The summed E-state index contributed by atoms with van der Waals surface area (Å²) in [5.74, 6) is 0.595. The Labute approximate surface area is 123 Å². The monoisotopic (exact) mass is 278 g/mol. The van der Waals surface area contributed by atoms with E-state index in [4.69, 9.17) is 0 Å². The topological polar surface area (TPSA) is 40.5 Å². The number of aliphatic hydroxyl groups excluding tert-OH is 2. The van der Waals surface area contributed by atoms with Crippen LogP contribution in [0.15, 0.2) is 30.3 Å². The van der Waals surface area contributed by atoms with Crippen molar-refractivity contribution in [3.05, 3.63) is 35.9 Å². The van der Waals surface area contributed by atoms with Crippen LogP contribution < -0.4 is 0 Å². The van der Waals surface area contributed by atoms with Gasteiger partial charge in [-0.25, -0.2) is 0 Å². The van der Waals surface area contributed by atoms with Gasteiger partial charge in [-0.15, -0.1) is 0 Å². The summed E-state index contributed by atoms with van der Waals surface area (Å²) in [5, 5.41) is 19.7. The summed E-state index contributed by atoms with van der Waals surface area (Å²) in [5.41, 5.74) is 0.816. The van der Waals surface area contributed by atoms with Crippen LogP contribution >= 0.6 is 0 Å². The lowest BCUT2D eigenvalue weighted by atomic mass is 9.74. The van der Waals surface area contributed by atoms with E-state index < -0.39 is 0 Å². The third kappa shape index (κ3) is 5.26. The highest BCUT2D eigenvalue weighted by molar-refractivity contribution is 5.16. The minimum absolute atomic E-state index is 0.0566. The molecule has 2 N–H and O–H groups in total. The van der Waals surface area contributed by atoms with Gasteiger partial charge in [0.15, 0.2) is 0 Å². The minimum Gasteiger partial charge on any atom is -0.396 e. The summed E-state index contributed by atoms with van der Waals surface area (Å²) in [7, 11) is 0. The Morgan fingerprint density at radius 1 is 1.05 bits per heavy atom. The quantitative estimate of drug-likeness (QED) is 0.683. The van der Waals surface area contributed by atoms with Crippen molar-refractivity contribution in [1.29, 1.82) is 0 Å². The number of hydrogen-bond donors (Lipinski definition) is 2. The lowest BCUT2D eigenvalue weighted by Crippen LogP contribution is -2.34. The zero-order chi connectivity index (χ0) is 14.8. The molecule has 1 atom stereocenters. The van der Waals surface area contributed by atoms with Crippen molar-refractivity contribution >= 4 is 0 Å². The van der Waals surface area contributed by atoms with Gasteiger partial charge in [-0.3, -0.25) is 0 Å². The Bertz CT molecular complexity index is 344. The molecule has 0 radical (unpaired) electrons. The van der Waals surface area contributed by atoms with Gasteiger partial charge in [0.25, 0.3) is 0 Å². The average molecular weight is 278 g/mol. The van der Waals surface area contributed by atoms with Gasteiger partial charge in [0.05, 0.1) is 13.2 Å². The molecule has 0 fully saturated rings. The number of unbranched alkanes of at least 4 members (excludes halogenated alkanes) is 1. The predicted octanol–water partition coefficient (Wildman–Crippen LogP) is 3.81. The minimum atomic E-state index is -0.379. The third-order valence-corrected chi connectivity index (χ3v) is 4.36. The van der Waals surface area contributed by atoms with E-state index in [1.807, 2.05) is 18.2 Å². The zero-order valence-corrected chi connectivity index (χ0v) is 13.0. The number of rotatable bonds is 10. The summed E-state index contributed by atoms with van der Waals surface area (Å²) < 4.78 is 0. The smallest absolute Gasteiger partial charge is 0.0512 e. The Hall–Kier alpha value is -0.860. The summed E-state index contributed by atoms with van der Waals surface area (Å²) in [6, 6.07) is 10.2. The lowest BCUT2D eigenvalue weighted by Gasteiger charge is -2.33. The van der Waals surface area contributed by atoms with Crippen LogP contribution in [0.1, 0.15) is 51.5 Å². The molecule has 1 rings (SSSR count). The Balaban J connectivity index is 2.74. The molecule has 20 heavy (non-hydrogen) atoms. The summed E-state index contributed by atoms with van der Waals surface area (Å²) >= 11 is 0. The molecule has 0 aromatic heterocycles. The van der Waals surface area contributed by atoms with Crippen molar-refractivity contribution < 1.29 is 10.2 Å². The molecule has 0 heterocycles. The second kappa shape index (κ2) is 9.15. The first-order valence-electron chi connectivity index (χ1n) is 7.95. The normalized spacial score (nSPS) is 13.4. The number of hydrogen-bond acceptors (Lipinski definition) is 2. The van der Waals surface area contributed by atoms with Crippen molar-refractivity contribution in [2.75, 3.05) is 13.2 Å². The first kappa shape index (κ1) is 17.2. The summed E-state index contributed by atoms with van der Waals surface area (Å²) in [6.07, 6.45) is 6.42. The van der Waals surface area contributed by atoms with Crippen molar-refractivity contribution in [3.63, 3.8) is 0 Å². The van der Waals surface area contributed by atoms with Crippen LogP contribution in [0, 0.1) is 11.3 Å². The fourth-order valence-corrected chi connectivity index (χ4v) is 2.95. The van der Waals surface area contributed by atoms with Crippen LogP contribution in [0.3, 0.4) is 0 Å².